The van der Waals surface area contributed by atoms with E-state index in [0.29, 0.717) is 17.6 Å². The van der Waals surface area contributed by atoms with Crippen LogP contribution in [0.2, 0.25) is 0 Å². The molecule has 16 heterocycles. The highest BCUT2D eigenvalue weighted by atomic mass is 16.3. The van der Waals surface area contributed by atoms with Gasteiger partial charge in [0.05, 0.1) is 130 Å². The van der Waals surface area contributed by atoms with E-state index in [1.54, 1.807) is 56.0 Å². The predicted octanol–water partition coefficient (Wildman–Crippen LogP) is 29.8. The molecule has 0 aliphatic rings. The Morgan fingerprint density at radius 2 is 0.715 bits per heavy atom. The second kappa shape index (κ2) is 34.2. The van der Waals surface area contributed by atoms with Crippen molar-refractivity contribution < 1.29 is 17.7 Å². The van der Waals surface area contributed by atoms with E-state index in [1.165, 1.54) is 43.8 Å². The zero-order chi connectivity index (χ0) is 90.8. The number of rotatable bonds is 14. The molecule has 0 saturated heterocycles. The standard InChI is InChI=1S/C32H20N2O.C30H23N3O.C29H18N4O.C28H17N5O/c1-2-8-22(9-3-1)33-27-12-6-4-10-24(27)26-20-23(15-17-29(26)33)34-28-13-7-5-11-25(28)31-30(34)16-14-21-18-19-35-32(21)31;1-21(18-24(25-7-5-16-32-20-25)11-10-22-6-4-15-31-19-22)33-27-9-3-2-8-26(27)29-28(33)13-12-23-14-17-34-30(23)29;1-2-10-26-21(7-1)28-27(12-11-19-13-16-34-29(19)28)33(26)20-17-24(22-8-3-5-14-30-22)32-25(18-20)23-9-4-6-15-31-23;1-2-7-19(8-3-1)26-30-27(20-9-6-15-29-17-20)32-28(31-26)33-22-11-5-4-10-21(22)24-23(33)13-12-18-14-16-34-25(18)24/h1-20H;2-17,19-20,24H,1,18H2;1-18H;1-17H/b;11-10+;;. The van der Waals surface area contributed by atoms with Crippen LogP contribution in [0.25, 0.3) is 233 Å². The van der Waals surface area contributed by atoms with Crippen molar-refractivity contribution in [2.45, 2.75) is 12.3 Å². The second-order valence-electron chi connectivity index (χ2n) is 33.7. The molecule has 0 radical (unpaired) electrons. The van der Waals surface area contributed by atoms with Crippen LogP contribution in [0.5, 0.6) is 0 Å². The van der Waals surface area contributed by atoms with Crippen LogP contribution in [0.1, 0.15) is 23.5 Å². The predicted molar refractivity (Wildman–Crippen MR) is 552 cm³/mol. The van der Waals surface area contributed by atoms with Crippen LogP contribution in [0.3, 0.4) is 0 Å². The van der Waals surface area contributed by atoms with Gasteiger partial charge < -0.3 is 35.9 Å². The van der Waals surface area contributed by atoms with Crippen molar-refractivity contribution in [2.24, 2.45) is 0 Å². The molecule has 648 valence electrons. The van der Waals surface area contributed by atoms with E-state index >= 15 is 0 Å². The number of benzene rings is 12. The van der Waals surface area contributed by atoms with Crippen molar-refractivity contribution in [1.82, 2.24) is 67.7 Å². The maximum atomic E-state index is 5.95. The third-order valence-electron chi connectivity index (χ3n) is 25.7. The van der Waals surface area contributed by atoms with E-state index in [4.69, 9.17) is 37.6 Å². The van der Waals surface area contributed by atoms with Gasteiger partial charge in [0.25, 0.3) is 0 Å². The zero-order valence-electron chi connectivity index (χ0n) is 73.5. The number of furan rings is 4. The summed E-state index contributed by atoms with van der Waals surface area (Å²) in [7, 11) is 0. The Morgan fingerprint density at radius 3 is 1.24 bits per heavy atom. The molecular weight excluding hydrogens is 1690 g/mol. The van der Waals surface area contributed by atoms with Gasteiger partial charge in [-0.05, 0) is 212 Å². The summed E-state index contributed by atoms with van der Waals surface area (Å²) < 4.78 is 35.0. The van der Waals surface area contributed by atoms with Crippen LogP contribution in [0, 0.1) is 0 Å². The normalized spacial score (nSPS) is 11.9. The average molecular weight is 1770 g/mol. The number of allylic oxidation sites excluding steroid dienone is 2. The molecule has 1 unspecified atom stereocenters. The summed E-state index contributed by atoms with van der Waals surface area (Å²) >= 11 is 0. The highest BCUT2D eigenvalue weighted by Crippen LogP contribution is 2.45. The summed E-state index contributed by atoms with van der Waals surface area (Å²) in [6.45, 7) is 4.55. The van der Waals surface area contributed by atoms with Gasteiger partial charge in [0.15, 0.2) is 11.6 Å². The first-order chi connectivity index (χ1) is 67.9. The van der Waals surface area contributed by atoms with Crippen LogP contribution in [-0.2, 0) is 0 Å². The summed E-state index contributed by atoms with van der Waals surface area (Å²) in [5, 5.41) is 15.9. The van der Waals surface area contributed by atoms with Gasteiger partial charge in [0.1, 0.15) is 22.3 Å². The van der Waals surface area contributed by atoms with Crippen molar-refractivity contribution in [3.63, 3.8) is 0 Å². The lowest BCUT2D eigenvalue weighted by Crippen LogP contribution is -2.06. The first-order valence-electron chi connectivity index (χ1n) is 45.3. The summed E-state index contributed by atoms with van der Waals surface area (Å²) in [4.78, 5) is 41.5. The molecule has 28 rings (SSSR count). The maximum Gasteiger partial charge on any atom is 0.238 e. The Kier molecular flexibility index (Phi) is 20.0. The molecule has 0 aliphatic heterocycles. The largest absolute Gasteiger partial charge is 0.464 e. The topological polar surface area (TPSA) is 193 Å². The number of para-hydroxylation sites is 6. The minimum Gasteiger partial charge on any atom is -0.464 e. The molecule has 1 atom stereocenters. The van der Waals surface area contributed by atoms with E-state index in [9.17, 15) is 0 Å². The Balaban J connectivity index is 0.0000000970. The molecule has 18 heteroatoms. The quantitative estimate of drug-likeness (QED) is 0.0999. The molecule has 0 aliphatic carbocycles. The zero-order valence-corrected chi connectivity index (χ0v) is 73.5. The lowest BCUT2D eigenvalue weighted by atomic mass is 9.94. The van der Waals surface area contributed by atoms with Crippen molar-refractivity contribution in [1.29, 1.82) is 0 Å². The molecule has 0 spiro atoms. The molecule has 28 aromatic rings. The fraction of sp³-hybridized carbons (Fsp3) is 0.0168. The molecule has 16 aromatic heterocycles. The number of pyridine rings is 6. The minimum absolute atomic E-state index is 0.116. The lowest BCUT2D eigenvalue weighted by molar-refractivity contribution is 0.619. The van der Waals surface area contributed by atoms with Gasteiger partial charge >= 0.3 is 0 Å². The molecule has 137 heavy (non-hydrogen) atoms. The Morgan fingerprint density at radius 1 is 0.292 bits per heavy atom. The Bertz CT molecular complexity index is 9100. The van der Waals surface area contributed by atoms with Gasteiger partial charge in [-0.3, -0.25) is 29.5 Å². The van der Waals surface area contributed by atoms with Gasteiger partial charge in [-0.25, -0.2) is 9.97 Å². The van der Waals surface area contributed by atoms with Crippen LogP contribution in [0.15, 0.2) is 463 Å². The van der Waals surface area contributed by atoms with E-state index < -0.39 is 0 Å². The fourth-order valence-electron chi connectivity index (χ4n) is 19.7. The Hall–Kier alpha value is -18.8. The summed E-state index contributed by atoms with van der Waals surface area (Å²) in [6, 6.07) is 123. The van der Waals surface area contributed by atoms with E-state index in [0.717, 1.165) is 183 Å². The van der Waals surface area contributed by atoms with E-state index in [1.807, 2.05) is 146 Å². The first-order valence-corrected chi connectivity index (χ1v) is 45.3. The minimum atomic E-state index is 0.116. The van der Waals surface area contributed by atoms with Gasteiger partial charge in [-0.1, -0.05) is 183 Å². The van der Waals surface area contributed by atoms with Gasteiger partial charge in [-0.15, -0.1) is 0 Å². The number of fused-ring (bicyclic) bond motifs is 23. The molecular formula is C119H78N14O4. The average Bonchev–Trinajstić information content (AvgIpc) is 1.59. The van der Waals surface area contributed by atoms with Crippen molar-refractivity contribution in [3.05, 3.63) is 456 Å². The monoisotopic (exact) mass is 1770 g/mol. The number of hydrogen-bond acceptors (Lipinski definition) is 13. The molecule has 0 amide bonds. The van der Waals surface area contributed by atoms with Gasteiger partial charge in [-0.2, -0.15) is 9.97 Å². The van der Waals surface area contributed by atoms with Gasteiger partial charge in [0, 0.05) is 138 Å². The molecule has 0 fully saturated rings. The van der Waals surface area contributed by atoms with Crippen LogP contribution >= 0.6 is 0 Å². The molecule has 18 nitrogen and oxygen atoms in total. The van der Waals surface area contributed by atoms with Crippen LogP contribution in [0.4, 0.5) is 0 Å². The highest BCUT2D eigenvalue weighted by molar-refractivity contribution is 6.24. The summed E-state index contributed by atoms with van der Waals surface area (Å²) in [6.07, 6.45) is 26.6. The molecule has 0 saturated carbocycles. The number of nitrogens with zero attached hydrogens (tertiary/aromatic N) is 14. The summed E-state index contributed by atoms with van der Waals surface area (Å²) in [5.41, 5.74) is 26.3. The highest BCUT2D eigenvalue weighted by Gasteiger charge is 2.26. The third kappa shape index (κ3) is 14.3. The summed E-state index contributed by atoms with van der Waals surface area (Å²) in [5.74, 6) is 1.84. The van der Waals surface area contributed by atoms with Crippen molar-refractivity contribution in [2.75, 3.05) is 0 Å². The van der Waals surface area contributed by atoms with Crippen molar-refractivity contribution in [3.8, 4) is 68.6 Å². The van der Waals surface area contributed by atoms with Gasteiger partial charge in [0.2, 0.25) is 5.95 Å². The van der Waals surface area contributed by atoms with Crippen LogP contribution < -0.4 is 0 Å². The van der Waals surface area contributed by atoms with E-state index in [-0.39, 0.29) is 5.92 Å². The SMILES string of the molecule is C=C(CC(/C=C/c1cccnc1)c1cccnc1)n1c2ccccc2c2c3occc3ccc21.c1ccc(-c2cc(-n3c4ccccc4c4c5occc5ccc43)cc(-c3ccccn3)n2)nc1.c1ccc(-c2nc(-c3cccnc3)nc(-n3c4ccccc4c4c5occc5ccc43)n2)cc1.c1ccc(-n2c3ccccc3c3cc(-n4c5ccccc5c5c6occc6ccc54)ccc32)cc1. The third-order valence-corrected chi connectivity index (χ3v) is 25.7. The Labute approximate surface area is 782 Å². The second-order valence-corrected chi connectivity index (χ2v) is 33.7. The first kappa shape index (κ1) is 80.3. The lowest BCUT2D eigenvalue weighted by Gasteiger charge is -2.17. The van der Waals surface area contributed by atoms with Crippen molar-refractivity contribution >= 4 is 165 Å². The fourth-order valence-corrected chi connectivity index (χ4v) is 19.7. The number of hydrogen-bond donors (Lipinski definition) is 0. The number of aromatic nitrogens is 14. The van der Waals surface area contributed by atoms with E-state index in [2.05, 4.69) is 297 Å². The molecule has 12 aromatic carbocycles. The molecule has 0 N–H and O–H groups in total. The molecule has 0 bridgehead atoms. The van der Waals surface area contributed by atoms with Crippen LogP contribution in [-0.4, -0.2) is 67.7 Å². The smallest absolute Gasteiger partial charge is 0.238 e. The maximum absolute atomic E-state index is 5.95.